The molecule has 1 saturated carbocycles. The molecule has 1 aliphatic carbocycles. The average molecular weight is 313 g/mol. The van der Waals surface area contributed by atoms with Gasteiger partial charge in [-0.05, 0) is 25.0 Å². The van der Waals surface area contributed by atoms with Crippen LogP contribution in [0.2, 0.25) is 0 Å². The molecule has 1 saturated heterocycles. The largest absolute Gasteiger partial charge is 0.384 e. The number of hydrogen-bond acceptors (Lipinski definition) is 6. The second kappa shape index (κ2) is 5.63. The lowest BCUT2D eigenvalue weighted by Crippen LogP contribution is -2.42. The molecule has 23 heavy (non-hydrogen) atoms. The highest BCUT2D eigenvalue weighted by Gasteiger charge is 2.46. The Balaban J connectivity index is 1.52. The number of pyridine rings is 1. The van der Waals surface area contributed by atoms with E-state index in [1.54, 1.807) is 24.8 Å². The van der Waals surface area contributed by atoms with Gasteiger partial charge in [-0.1, -0.05) is 0 Å². The molecule has 0 aromatic carbocycles. The Morgan fingerprint density at radius 3 is 2.30 bits per heavy atom. The molecule has 2 aromatic rings. The second-order valence-electron chi connectivity index (χ2n) is 6.16. The van der Waals surface area contributed by atoms with Crippen molar-refractivity contribution in [1.82, 2.24) is 15.0 Å². The van der Waals surface area contributed by atoms with Crippen molar-refractivity contribution in [3.05, 3.63) is 42.6 Å². The van der Waals surface area contributed by atoms with Crippen LogP contribution in [0.1, 0.15) is 31.4 Å². The molecule has 120 valence electrons. The van der Waals surface area contributed by atoms with E-state index in [2.05, 4.69) is 15.0 Å². The summed E-state index contributed by atoms with van der Waals surface area (Å²) in [7, 11) is 0. The summed E-state index contributed by atoms with van der Waals surface area (Å²) in [4.78, 5) is 12.8. The van der Waals surface area contributed by atoms with E-state index in [4.69, 9.17) is 9.47 Å². The van der Waals surface area contributed by atoms with Crippen LogP contribution in [0.3, 0.4) is 0 Å². The molecule has 0 amide bonds. The van der Waals surface area contributed by atoms with E-state index in [0.717, 1.165) is 11.3 Å². The molecular weight excluding hydrogens is 294 g/mol. The summed E-state index contributed by atoms with van der Waals surface area (Å²) < 4.78 is 11.4. The number of aliphatic hydroxyl groups is 1. The predicted molar refractivity (Wildman–Crippen MR) is 82.3 cm³/mol. The van der Waals surface area contributed by atoms with Crippen LogP contribution in [-0.2, 0) is 15.1 Å². The molecule has 1 spiro atoms. The van der Waals surface area contributed by atoms with Crippen LogP contribution in [-0.4, -0.2) is 39.1 Å². The normalized spacial score (nSPS) is 22.3. The Morgan fingerprint density at radius 2 is 1.70 bits per heavy atom. The number of ether oxygens (including phenoxy) is 2. The van der Waals surface area contributed by atoms with Gasteiger partial charge in [-0.3, -0.25) is 15.0 Å². The van der Waals surface area contributed by atoms with Gasteiger partial charge in [0.15, 0.2) is 5.79 Å². The molecular formula is C17H19N3O3. The summed E-state index contributed by atoms with van der Waals surface area (Å²) >= 11 is 0. The van der Waals surface area contributed by atoms with Crippen molar-refractivity contribution in [2.75, 3.05) is 13.2 Å². The van der Waals surface area contributed by atoms with Crippen LogP contribution in [0.25, 0.3) is 11.3 Å². The van der Waals surface area contributed by atoms with Gasteiger partial charge >= 0.3 is 0 Å². The van der Waals surface area contributed by atoms with Gasteiger partial charge < -0.3 is 14.6 Å². The van der Waals surface area contributed by atoms with Gasteiger partial charge in [0.2, 0.25) is 0 Å². The summed E-state index contributed by atoms with van der Waals surface area (Å²) in [6.07, 6.45) is 9.29. The quantitative estimate of drug-likeness (QED) is 0.914. The van der Waals surface area contributed by atoms with Gasteiger partial charge in [0.05, 0.1) is 30.8 Å². The zero-order valence-electron chi connectivity index (χ0n) is 12.8. The van der Waals surface area contributed by atoms with Gasteiger partial charge in [0.1, 0.15) is 5.60 Å². The van der Waals surface area contributed by atoms with Crippen molar-refractivity contribution in [2.45, 2.75) is 37.1 Å². The molecule has 6 nitrogen and oxygen atoms in total. The maximum absolute atomic E-state index is 10.9. The molecule has 0 unspecified atom stereocenters. The van der Waals surface area contributed by atoms with Crippen molar-refractivity contribution >= 4 is 0 Å². The van der Waals surface area contributed by atoms with Crippen LogP contribution in [0.4, 0.5) is 0 Å². The van der Waals surface area contributed by atoms with Gasteiger partial charge in [0.25, 0.3) is 0 Å². The molecule has 2 fully saturated rings. The van der Waals surface area contributed by atoms with Gasteiger partial charge in [0, 0.05) is 37.0 Å². The molecule has 2 aromatic heterocycles. The topological polar surface area (TPSA) is 77.4 Å². The molecule has 1 aliphatic heterocycles. The van der Waals surface area contributed by atoms with E-state index in [1.165, 1.54) is 0 Å². The Hall–Kier alpha value is -1.89. The van der Waals surface area contributed by atoms with E-state index < -0.39 is 11.4 Å². The molecule has 6 heteroatoms. The fourth-order valence-corrected chi connectivity index (χ4v) is 3.36. The van der Waals surface area contributed by atoms with E-state index in [-0.39, 0.29) is 0 Å². The van der Waals surface area contributed by atoms with Gasteiger partial charge in [-0.2, -0.15) is 0 Å². The first kappa shape index (κ1) is 14.7. The standard InChI is InChI=1S/C17H19N3O3/c21-16(3-5-17(6-4-16)22-9-10-23-17)15-2-1-13(11-20-15)14-12-18-7-8-19-14/h1-2,7-8,11-12,21H,3-6,9-10H2. The van der Waals surface area contributed by atoms with Gasteiger partial charge in [-0.15, -0.1) is 0 Å². The van der Waals surface area contributed by atoms with Crippen LogP contribution < -0.4 is 0 Å². The van der Waals surface area contributed by atoms with Crippen molar-refractivity contribution in [3.63, 3.8) is 0 Å². The molecule has 0 radical (unpaired) electrons. The minimum Gasteiger partial charge on any atom is -0.384 e. The van der Waals surface area contributed by atoms with E-state index in [0.29, 0.717) is 44.6 Å². The third kappa shape index (κ3) is 2.73. The SMILES string of the molecule is OC1(c2ccc(-c3cnccn3)cn2)CCC2(CC1)OCCO2. The minimum absolute atomic E-state index is 0.480. The highest BCUT2D eigenvalue weighted by molar-refractivity contribution is 5.56. The average Bonchev–Trinajstić information content (AvgIpc) is 3.08. The summed E-state index contributed by atoms with van der Waals surface area (Å²) in [6, 6.07) is 3.80. The summed E-state index contributed by atoms with van der Waals surface area (Å²) in [6.45, 7) is 1.28. The number of rotatable bonds is 2. The number of aromatic nitrogens is 3. The minimum atomic E-state index is -0.915. The fraction of sp³-hybridized carbons (Fsp3) is 0.471. The Labute approximate surface area is 134 Å². The van der Waals surface area contributed by atoms with E-state index in [1.807, 2.05) is 12.1 Å². The highest BCUT2D eigenvalue weighted by atomic mass is 16.7. The van der Waals surface area contributed by atoms with E-state index in [9.17, 15) is 5.11 Å². The molecule has 1 N–H and O–H groups in total. The molecule has 0 bridgehead atoms. The first-order valence-corrected chi connectivity index (χ1v) is 7.92. The molecule has 0 atom stereocenters. The van der Waals surface area contributed by atoms with Crippen LogP contribution in [0.5, 0.6) is 0 Å². The molecule has 3 heterocycles. The first-order valence-electron chi connectivity index (χ1n) is 7.92. The monoisotopic (exact) mass is 313 g/mol. The van der Waals surface area contributed by atoms with Crippen LogP contribution >= 0.6 is 0 Å². The fourth-order valence-electron chi connectivity index (χ4n) is 3.36. The lowest BCUT2D eigenvalue weighted by atomic mass is 9.79. The lowest BCUT2D eigenvalue weighted by molar-refractivity contribution is -0.204. The molecule has 2 aliphatic rings. The zero-order valence-corrected chi connectivity index (χ0v) is 12.8. The number of nitrogens with zero attached hydrogens (tertiary/aromatic N) is 3. The third-order valence-corrected chi connectivity index (χ3v) is 4.75. The van der Waals surface area contributed by atoms with E-state index >= 15 is 0 Å². The Morgan fingerprint density at radius 1 is 0.913 bits per heavy atom. The van der Waals surface area contributed by atoms with Gasteiger partial charge in [-0.25, -0.2) is 0 Å². The summed E-state index contributed by atoms with van der Waals surface area (Å²) in [5, 5.41) is 10.9. The summed E-state index contributed by atoms with van der Waals surface area (Å²) in [5.74, 6) is -0.480. The van der Waals surface area contributed by atoms with Crippen molar-refractivity contribution < 1.29 is 14.6 Å². The van der Waals surface area contributed by atoms with Crippen molar-refractivity contribution in [1.29, 1.82) is 0 Å². The Kier molecular flexibility index (Phi) is 3.60. The smallest absolute Gasteiger partial charge is 0.168 e. The van der Waals surface area contributed by atoms with Crippen molar-refractivity contribution in [3.8, 4) is 11.3 Å². The summed E-state index contributed by atoms with van der Waals surface area (Å²) in [5.41, 5.74) is 1.44. The van der Waals surface area contributed by atoms with Crippen LogP contribution in [0, 0.1) is 0 Å². The predicted octanol–water partition coefficient (Wildman–Crippen LogP) is 2.04. The second-order valence-corrected chi connectivity index (χ2v) is 6.16. The lowest BCUT2D eigenvalue weighted by Gasteiger charge is -2.40. The maximum atomic E-state index is 10.9. The molecule has 4 rings (SSSR count). The highest BCUT2D eigenvalue weighted by Crippen LogP contribution is 2.44. The zero-order chi connectivity index (χ0) is 15.8. The van der Waals surface area contributed by atoms with Crippen LogP contribution in [0.15, 0.2) is 36.9 Å². The maximum Gasteiger partial charge on any atom is 0.168 e. The third-order valence-electron chi connectivity index (χ3n) is 4.75. The Bertz CT molecular complexity index is 659. The first-order chi connectivity index (χ1) is 11.2. The number of hydrogen-bond donors (Lipinski definition) is 1. The van der Waals surface area contributed by atoms with Crippen molar-refractivity contribution in [2.24, 2.45) is 0 Å².